The summed E-state index contributed by atoms with van der Waals surface area (Å²) in [6.07, 6.45) is 4.92. The van der Waals surface area contributed by atoms with Crippen molar-refractivity contribution in [1.29, 1.82) is 5.41 Å². The van der Waals surface area contributed by atoms with Crippen molar-refractivity contribution in [2.45, 2.75) is 45.6 Å². The van der Waals surface area contributed by atoms with Gasteiger partial charge in [0.1, 0.15) is 17.3 Å². The highest BCUT2D eigenvalue weighted by Crippen LogP contribution is 2.37. The zero-order valence-electron chi connectivity index (χ0n) is 12.1. The first-order valence-corrected chi connectivity index (χ1v) is 6.93. The van der Waals surface area contributed by atoms with Crippen LogP contribution >= 0.6 is 0 Å². The largest absolute Gasteiger partial charge is 0.382 e. The number of hydrogen-bond donors (Lipinski definition) is 2. The van der Waals surface area contributed by atoms with Crippen molar-refractivity contribution in [1.82, 2.24) is 4.98 Å². The molecule has 0 saturated heterocycles. The number of rotatable bonds is 3. The third-order valence-electron chi connectivity index (χ3n) is 4.23. The number of hydrogen-bond acceptors (Lipinski definition) is 3. The number of aromatic nitrogens is 1. The lowest BCUT2D eigenvalue weighted by molar-refractivity contribution is 0.222. The van der Waals surface area contributed by atoms with E-state index in [1.54, 1.807) is 6.07 Å². The molecule has 1 fully saturated rings. The molecule has 19 heavy (non-hydrogen) atoms. The van der Waals surface area contributed by atoms with Gasteiger partial charge in [0.15, 0.2) is 0 Å². The highest BCUT2D eigenvalue weighted by atomic mass is 15.2. The summed E-state index contributed by atoms with van der Waals surface area (Å²) in [5, 5.41) is 7.47. The molecule has 0 aliphatic heterocycles. The van der Waals surface area contributed by atoms with Crippen LogP contribution in [0.25, 0.3) is 0 Å². The van der Waals surface area contributed by atoms with Gasteiger partial charge in [0.2, 0.25) is 0 Å². The smallest absolute Gasteiger partial charge is 0.141 e. The van der Waals surface area contributed by atoms with Crippen molar-refractivity contribution in [2.24, 2.45) is 11.1 Å². The molecule has 1 aliphatic carbocycles. The molecule has 0 radical (unpaired) electrons. The molecule has 0 spiro atoms. The van der Waals surface area contributed by atoms with Gasteiger partial charge in [-0.25, -0.2) is 4.98 Å². The lowest BCUT2D eigenvalue weighted by atomic mass is 9.75. The Balaban J connectivity index is 2.10. The molecule has 0 aromatic carbocycles. The van der Waals surface area contributed by atoms with Crippen LogP contribution in [0, 0.1) is 10.8 Å². The van der Waals surface area contributed by atoms with Crippen LogP contribution in [0.1, 0.15) is 45.2 Å². The van der Waals surface area contributed by atoms with Gasteiger partial charge in [-0.05, 0) is 43.2 Å². The van der Waals surface area contributed by atoms with Crippen molar-refractivity contribution in [3.8, 4) is 0 Å². The molecule has 0 amide bonds. The average Bonchev–Trinajstić information content (AvgIpc) is 2.38. The Hall–Kier alpha value is -1.58. The molecule has 1 aromatic heterocycles. The van der Waals surface area contributed by atoms with Crippen LogP contribution in [-0.4, -0.2) is 23.9 Å². The van der Waals surface area contributed by atoms with Gasteiger partial charge >= 0.3 is 0 Å². The highest BCUT2D eigenvalue weighted by molar-refractivity contribution is 5.93. The predicted molar refractivity (Wildman–Crippen MR) is 79.7 cm³/mol. The van der Waals surface area contributed by atoms with Crippen LogP contribution in [0.4, 0.5) is 5.82 Å². The van der Waals surface area contributed by atoms with Crippen LogP contribution < -0.4 is 10.6 Å². The second-order valence-corrected chi connectivity index (χ2v) is 6.30. The van der Waals surface area contributed by atoms with Gasteiger partial charge in [0.25, 0.3) is 0 Å². The van der Waals surface area contributed by atoms with Crippen LogP contribution in [0.5, 0.6) is 0 Å². The van der Waals surface area contributed by atoms with Crippen LogP contribution in [0.3, 0.4) is 0 Å². The number of nitrogens with zero attached hydrogens (tertiary/aromatic N) is 2. The fraction of sp³-hybridized carbons (Fsp3) is 0.600. The molecule has 1 aliphatic rings. The van der Waals surface area contributed by atoms with E-state index in [-0.39, 0.29) is 5.84 Å². The Morgan fingerprint density at radius 1 is 1.37 bits per heavy atom. The van der Waals surface area contributed by atoms with Gasteiger partial charge in [-0.15, -0.1) is 0 Å². The summed E-state index contributed by atoms with van der Waals surface area (Å²) in [5.74, 6) is 0.942. The topological polar surface area (TPSA) is 66.0 Å². The standard InChI is InChI=1S/C15H24N4/c1-15(2)9-7-11(8-10-15)19(3)13-6-4-5-12(18-13)14(16)17/h4-6,11H,7-10H2,1-3H3,(H3,16,17). The number of anilines is 1. The molecule has 0 atom stereocenters. The Kier molecular flexibility index (Phi) is 3.78. The molecular formula is C15H24N4. The number of nitrogens with one attached hydrogen (secondary N) is 1. The minimum atomic E-state index is 0.0278. The zero-order valence-corrected chi connectivity index (χ0v) is 12.1. The predicted octanol–water partition coefficient (Wildman–Crippen LogP) is 2.77. The zero-order chi connectivity index (χ0) is 14.0. The minimum Gasteiger partial charge on any atom is -0.382 e. The quantitative estimate of drug-likeness (QED) is 0.648. The summed E-state index contributed by atoms with van der Waals surface area (Å²) in [7, 11) is 2.09. The van der Waals surface area contributed by atoms with Crippen LogP contribution in [-0.2, 0) is 0 Å². The summed E-state index contributed by atoms with van der Waals surface area (Å²) in [6, 6.07) is 6.24. The SMILES string of the molecule is CN(c1cccc(C(=N)N)n1)C1CCC(C)(C)CC1. The van der Waals surface area contributed by atoms with E-state index in [1.807, 2.05) is 12.1 Å². The fourth-order valence-electron chi connectivity index (χ4n) is 2.73. The summed E-state index contributed by atoms with van der Waals surface area (Å²) >= 11 is 0. The second kappa shape index (κ2) is 5.19. The summed E-state index contributed by atoms with van der Waals surface area (Å²) in [5.41, 5.74) is 6.53. The maximum Gasteiger partial charge on any atom is 0.141 e. The van der Waals surface area contributed by atoms with E-state index in [4.69, 9.17) is 11.1 Å². The maximum atomic E-state index is 7.47. The Bertz CT molecular complexity index is 457. The molecule has 1 heterocycles. The molecule has 4 nitrogen and oxygen atoms in total. The monoisotopic (exact) mass is 260 g/mol. The number of nitrogen functional groups attached to an aromatic ring is 1. The molecule has 1 aromatic rings. The van der Waals surface area contributed by atoms with Gasteiger partial charge in [0, 0.05) is 13.1 Å². The van der Waals surface area contributed by atoms with E-state index >= 15 is 0 Å². The Morgan fingerprint density at radius 2 is 2.00 bits per heavy atom. The molecule has 4 heteroatoms. The summed E-state index contributed by atoms with van der Waals surface area (Å²) < 4.78 is 0. The first-order valence-electron chi connectivity index (χ1n) is 6.93. The minimum absolute atomic E-state index is 0.0278. The molecule has 104 valence electrons. The van der Waals surface area contributed by atoms with Gasteiger partial charge in [-0.1, -0.05) is 19.9 Å². The first-order chi connectivity index (χ1) is 8.89. The van der Waals surface area contributed by atoms with Gasteiger partial charge < -0.3 is 10.6 Å². The van der Waals surface area contributed by atoms with Gasteiger partial charge in [-0.2, -0.15) is 0 Å². The van der Waals surface area contributed by atoms with Crippen molar-refractivity contribution in [2.75, 3.05) is 11.9 Å². The molecule has 0 bridgehead atoms. The number of pyridine rings is 1. The van der Waals surface area contributed by atoms with E-state index in [0.29, 0.717) is 17.2 Å². The lowest BCUT2D eigenvalue weighted by Gasteiger charge is -2.39. The van der Waals surface area contributed by atoms with Gasteiger partial charge in [0.05, 0.1) is 0 Å². The van der Waals surface area contributed by atoms with E-state index in [2.05, 4.69) is 30.8 Å². The first kappa shape index (κ1) is 13.8. The van der Waals surface area contributed by atoms with E-state index in [1.165, 1.54) is 25.7 Å². The molecular weight excluding hydrogens is 236 g/mol. The second-order valence-electron chi connectivity index (χ2n) is 6.30. The van der Waals surface area contributed by atoms with Crippen LogP contribution in [0.2, 0.25) is 0 Å². The highest BCUT2D eigenvalue weighted by Gasteiger charge is 2.29. The molecule has 2 rings (SSSR count). The number of amidine groups is 1. The summed E-state index contributed by atoms with van der Waals surface area (Å²) in [4.78, 5) is 6.70. The normalized spacial score (nSPS) is 19.1. The van der Waals surface area contributed by atoms with Crippen molar-refractivity contribution < 1.29 is 0 Å². The average molecular weight is 260 g/mol. The third kappa shape index (κ3) is 3.25. The lowest BCUT2D eigenvalue weighted by Crippen LogP contribution is -2.37. The molecule has 3 N–H and O–H groups in total. The maximum absolute atomic E-state index is 7.47. The van der Waals surface area contributed by atoms with Crippen molar-refractivity contribution in [3.63, 3.8) is 0 Å². The van der Waals surface area contributed by atoms with E-state index in [0.717, 1.165) is 5.82 Å². The van der Waals surface area contributed by atoms with E-state index in [9.17, 15) is 0 Å². The molecule has 0 unspecified atom stereocenters. The fourth-order valence-corrected chi connectivity index (χ4v) is 2.73. The van der Waals surface area contributed by atoms with E-state index < -0.39 is 0 Å². The molecule has 1 saturated carbocycles. The summed E-state index contributed by atoms with van der Waals surface area (Å²) in [6.45, 7) is 4.69. The Labute approximate surface area is 115 Å². The Morgan fingerprint density at radius 3 is 2.58 bits per heavy atom. The number of nitrogens with two attached hydrogens (primary N) is 1. The van der Waals surface area contributed by atoms with Crippen molar-refractivity contribution >= 4 is 11.7 Å². The van der Waals surface area contributed by atoms with Crippen LogP contribution in [0.15, 0.2) is 18.2 Å². The third-order valence-corrected chi connectivity index (χ3v) is 4.23. The van der Waals surface area contributed by atoms with Crippen molar-refractivity contribution in [3.05, 3.63) is 23.9 Å². The van der Waals surface area contributed by atoms with Gasteiger partial charge in [-0.3, -0.25) is 5.41 Å².